The fourth-order valence-corrected chi connectivity index (χ4v) is 3.70. The van der Waals surface area contributed by atoms with E-state index in [0.29, 0.717) is 0 Å². The molecular weight excluding hydrogens is 302 g/mol. The molecule has 4 heteroatoms. The number of aromatic nitrogens is 2. The maximum atomic E-state index is 4.92. The SMILES string of the molecule is CCCC1(c2nc3cc(Br)ccc3n2C)CCCN1. The number of hydrogen-bond acceptors (Lipinski definition) is 2. The molecule has 1 unspecified atom stereocenters. The van der Waals surface area contributed by atoms with Crippen LogP contribution in [0.5, 0.6) is 0 Å². The predicted octanol–water partition coefficient (Wildman–Crippen LogP) is 3.71. The Morgan fingerprint density at radius 3 is 3.00 bits per heavy atom. The summed E-state index contributed by atoms with van der Waals surface area (Å²) in [6, 6.07) is 6.33. The van der Waals surface area contributed by atoms with Gasteiger partial charge in [0, 0.05) is 11.5 Å². The molecule has 0 aliphatic carbocycles. The predicted molar refractivity (Wildman–Crippen MR) is 82.2 cm³/mol. The summed E-state index contributed by atoms with van der Waals surface area (Å²) in [5.41, 5.74) is 2.37. The molecule has 1 N–H and O–H groups in total. The van der Waals surface area contributed by atoms with E-state index >= 15 is 0 Å². The zero-order chi connectivity index (χ0) is 13.5. The maximum Gasteiger partial charge on any atom is 0.130 e. The molecule has 1 aliphatic rings. The summed E-state index contributed by atoms with van der Waals surface area (Å²) in [5.74, 6) is 1.19. The molecule has 102 valence electrons. The Bertz CT molecular complexity index is 597. The van der Waals surface area contributed by atoms with Crippen LogP contribution in [-0.4, -0.2) is 16.1 Å². The topological polar surface area (TPSA) is 29.9 Å². The monoisotopic (exact) mass is 321 g/mol. The van der Waals surface area contributed by atoms with Crippen LogP contribution in [0.15, 0.2) is 22.7 Å². The van der Waals surface area contributed by atoms with E-state index in [1.54, 1.807) is 0 Å². The second-order valence-electron chi connectivity index (χ2n) is 5.49. The summed E-state index contributed by atoms with van der Waals surface area (Å²) in [6.07, 6.45) is 4.78. The second kappa shape index (κ2) is 4.91. The average Bonchev–Trinajstić information content (AvgIpc) is 2.96. The van der Waals surface area contributed by atoms with Gasteiger partial charge in [0.05, 0.1) is 16.6 Å². The van der Waals surface area contributed by atoms with Crippen molar-refractivity contribution in [3.05, 3.63) is 28.5 Å². The minimum atomic E-state index is 0.0784. The smallest absolute Gasteiger partial charge is 0.130 e. The van der Waals surface area contributed by atoms with Gasteiger partial charge in [-0.15, -0.1) is 0 Å². The molecule has 1 fully saturated rings. The zero-order valence-electron chi connectivity index (χ0n) is 11.5. The van der Waals surface area contributed by atoms with Crippen molar-refractivity contribution in [3.63, 3.8) is 0 Å². The number of rotatable bonds is 3. The van der Waals surface area contributed by atoms with Gasteiger partial charge in [0.25, 0.3) is 0 Å². The van der Waals surface area contributed by atoms with E-state index in [-0.39, 0.29) is 5.54 Å². The van der Waals surface area contributed by atoms with Gasteiger partial charge in [-0.1, -0.05) is 29.3 Å². The highest BCUT2D eigenvalue weighted by Gasteiger charge is 2.38. The Kier molecular flexibility index (Phi) is 3.39. The Hall–Kier alpha value is -0.870. The molecule has 1 saturated heterocycles. The molecule has 1 atom stereocenters. The molecule has 0 radical (unpaired) electrons. The molecule has 1 aliphatic heterocycles. The number of nitrogens with zero attached hydrogens (tertiary/aromatic N) is 2. The number of aryl methyl sites for hydroxylation is 1. The average molecular weight is 322 g/mol. The van der Waals surface area contributed by atoms with Crippen molar-refractivity contribution in [2.75, 3.05) is 6.54 Å². The molecule has 0 bridgehead atoms. The molecule has 2 heterocycles. The van der Waals surface area contributed by atoms with Crippen LogP contribution in [0.2, 0.25) is 0 Å². The fourth-order valence-electron chi connectivity index (χ4n) is 3.35. The summed E-state index contributed by atoms with van der Waals surface area (Å²) in [7, 11) is 2.13. The van der Waals surface area contributed by atoms with Gasteiger partial charge in [-0.2, -0.15) is 0 Å². The minimum Gasteiger partial charge on any atom is -0.330 e. The van der Waals surface area contributed by atoms with Crippen molar-refractivity contribution in [1.82, 2.24) is 14.9 Å². The largest absolute Gasteiger partial charge is 0.330 e. The van der Waals surface area contributed by atoms with Gasteiger partial charge < -0.3 is 9.88 Å². The maximum absolute atomic E-state index is 4.92. The van der Waals surface area contributed by atoms with E-state index in [0.717, 1.165) is 23.0 Å². The van der Waals surface area contributed by atoms with Crippen molar-refractivity contribution in [2.24, 2.45) is 7.05 Å². The third-order valence-corrected chi connectivity index (χ3v) is 4.68. The molecule has 3 nitrogen and oxygen atoms in total. The lowest BCUT2D eigenvalue weighted by molar-refractivity contribution is 0.327. The first-order chi connectivity index (χ1) is 9.16. The van der Waals surface area contributed by atoms with Crippen LogP contribution in [0.25, 0.3) is 11.0 Å². The van der Waals surface area contributed by atoms with Gasteiger partial charge >= 0.3 is 0 Å². The van der Waals surface area contributed by atoms with Crippen molar-refractivity contribution in [2.45, 2.75) is 38.1 Å². The van der Waals surface area contributed by atoms with Crippen molar-refractivity contribution < 1.29 is 0 Å². The summed E-state index contributed by atoms with van der Waals surface area (Å²) in [5, 5.41) is 3.71. The molecule has 2 aromatic rings. The van der Waals surface area contributed by atoms with E-state index < -0.39 is 0 Å². The lowest BCUT2D eigenvalue weighted by Crippen LogP contribution is -2.39. The van der Waals surface area contributed by atoms with Crippen LogP contribution >= 0.6 is 15.9 Å². The van der Waals surface area contributed by atoms with Crippen LogP contribution in [-0.2, 0) is 12.6 Å². The van der Waals surface area contributed by atoms with Crippen LogP contribution < -0.4 is 5.32 Å². The van der Waals surface area contributed by atoms with Crippen LogP contribution in [0.1, 0.15) is 38.4 Å². The minimum absolute atomic E-state index is 0.0784. The molecule has 0 spiro atoms. The Morgan fingerprint density at radius 1 is 1.47 bits per heavy atom. The lowest BCUT2D eigenvalue weighted by atomic mass is 9.91. The highest BCUT2D eigenvalue weighted by Crippen LogP contribution is 2.36. The van der Waals surface area contributed by atoms with Gasteiger partial charge in [0.15, 0.2) is 0 Å². The molecule has 1 aromatic heterocycles. The number of halogens is 1. The van der Waals surface area contributed by atoms with Crippen molar-refractivity contribution in [3.8, 4) is 0 Å². The number of benzene rings is 1. The molecule has 3 rings (SSSR count). The van der Waals surface area contributed by atoms with Crippen LogP contribution in [0.4, 0.5) is 0 Å². The van der Waals surface area contributed by atoms with Crippen molar-refractivity contribution in [1.29, 1.82) is 0 Å². The summed E-state index contributed by atoms with van der Waals surface area (Å²) < 4.78 is 3.35. The van der Waals surface area contributed by atoms with Crippen molar-refractivity contribution >= 4 is 27.0 Å². The number of nitrogens with one attached hydrogen (secondary N) is 1. The third-order valence-electron chi connectivity index (χ3n) is 4.19. The van der Waals surface area contributed by atoms with Gasteiger partial charge in [-0.25, -0.2) is 4.98 Å². The quantitative estimate of drug-likeness (QED) is 0.933. The van der Waals surface area contributed by atoms with E-state index in [9.17, 15) is 0 Å². The van der Waals surface area contributed by atoms with Crippen LogP contribution in [0.3, 0.4) is 0 Å². The Balaban J connectivity index is 2.15. The molecule has 19 heavy (non-hydrogen) atoms. The number of hydrogen-bond donors (Lipinski definition) is 1. The highest BCUT2D eigenvalue weighted by molar-refractivity contribution is 9.10. The Labute approximate surface area is 122 Å². The molecular formula is C15H20BrN3. The van der Waals surface area contributed by atoms with Gasteiger partial charge in [-0.05, 0) is 44.0 Å². The summed E-state index contributed by atoms with van der Waals surface area (Å²) >= 11 is 3.53. The summed E-state index contributed by atoms with van der Waals surface area (Å²) in [4.78, 5) is 4.92. The first-order valence-electron chi connectivity index (χ1n) is 7.04. The molecule has 1 aromatic carbocycles. The zero-order valence-corrected chi connectivity index (χ0v) is 13.1. The molecule has 0 saturated carbocycles. The summed E-state index contributed by atoms with van der Waals surface area (Å²) in [6.45, 7) is 3.36. The lowest BCUT2D eigenvalue weighted by Gasteiger charge is -2.28. The Morgan fingerprint density at radius 2 is 2.32 bits per heavy atom. The van der Waals surface area contributed by atoms with E-state index in [4.69, 9.17) is 4.98 Å². The molecule has 0 amide bonds. The fraction of sp³-hybridized carbons (Fsp3) is 0.533. The second-order valence-corrected chi connectivity index (χ2v) is 6.41. The van der Waals surface area contributed by atoms with E-state index in [1.165, 1.54) is 30.6 Å². The first-order valence-corrected chi connectivity index (χ1v) is 7.83. The highest BCUT2D eigenvalue weighted by atomic mass is 79.9. The van der Waals surface area contributed by atoms with Gasteiger partial charge in [0.2, 0.25) is 0 Å². The van der Waals surface area contributed by atoms with Crippen LogP contribution in [0, 0.1) is 0 Å². The standard InChI is InChI=1S/C15H20BrN3/c1-3-7-15(8-4-9-17-15)14-18-12-10-11(16)5-6-13(12)19(14)2/h5-6,10,17H,3-4,7-9H2,1-2H3. The number of fused-ring (bicyclic) bond motifs is 1. The first kappa shape index (κ1) is 13.1. The van der Waals surface area contributed by atoms with Gasteiger partial charge in [-0.3, -0.25) is 0 Å². The normalized spacial score (nSPS) is 23.3. The van der Waals surface area contributed by atoms with Gasteiger partial charge in [0.1, 0.15) is 5.82 Å². The number of imidazole rings is 1. The van der Waals surface area contributed by atoms with E-state index in [2.05, 4.69) is 58.0 Å². The third kappa shape index (κ3) is 2.11. The van der Waals surface area contributed by atoms with E-state index in [1.807, 2.05) is 0 Å².